The van der Waals surface area contributed by atoms with Gasteiger partial charge < -0.3 is 4.90 Å². The van der Waals surface area contributed by atoms with Crippen LogP contribution in [-0.2, 0) is 6.54 Å². The van der Waals surface area contributed by atoms with Gasteiger partial charge in [0.15, 0.2) is 0 Å². The van der Waals surface area contributed by atoms with Crippen LogP contribution in [0.5, 0.6) is 0 Å². The summed E-state index contributed by atoms with van der Waals surface area (Å²) < 4.78 is 0. The molecule has 2 aromatic rings. The lowest BCUT2D eigenvalue weighted by Crippen LogP contribution is -2.23. The monoisotopic (exact) mass is 273 g/mol. The van der Waals surface area contributed by atoms with Gasteiger partial charge in [-0.1, -0.05) is 17.7 Å². The van der Waals surface area contributed by atoms with Crippen LogP contribution < -0.4 is 0 Å². The topological polar surface area (TPSA) is 39.9 Å². The maximum absolute atomic E-state index is 8.86. The number of nitrogens with zero attached hydrogens (tertiary/aromatic N) is 3. The van der Waals surface area contributed by atoms with E-state index < -0.39 is 0 Å². The van der Waals surface area contributed by atoms with Crippen molar-refractivity contribution >= 4 is 22.5 Å². The molecule has 0 unspecified atom stereocenters. The zero-order chi connectivity index (χ0) is 13.8. The van der Waals surface area contributed by atoms with Crippen LogP contribution in [-0.4, -0.2) is 23.5 Å². The van der Waals surface area contributed by atoms with Crippen molar-refractivity contribution in [3.05, 3.63) is 41.0 Å². The number of hydrogen-bond acceptors (Lipinski definition) is 3. The third-order valence-corrected chi connectivity index (χ3v) is 3.21. The molecule has 0 fully saturated rings. The lowest BCUT2D eigenvalue weighted by molar-refractivity contribution is 0.304. The first-order valence-corrected chi connectivity index (χ1v) is 6.59. The van der Waals surface area contributed by atoms with Crippen molar-refractivity contribution in [3.63, 3.8) is 0 Å². The SMILES string of the molecule is C[C@@H](C#N)CN(C)Cc1cc(Cl)cc2cccnc12. The van der Waals surface area contributed by atoms with E-state index in [2.05, 4.69) is 16.0 Å². The molecule has 19 heavy (non-hydrogen) atoms. The lowest BCUT2D eigenvalue weighted by Gasteiger charge is -2.18. The molecule has 0 bridgehead atoms. The number of hydrogen-bond donors (Lipinski definition) is 0. The van der Waals surface area contributed by atoms with Crippen molar-refractivity contribution < 1.29 is 0 Å². The maximum atomic E-state index is 8.86. The molecule has 0 radical (unpaired) electrons. The molecule has 0 saturated carbocycles. The van der Waals surface area contributed by atoms with Crippen molar-refractivity contribution in [2.75, 3.05) is 13.6 Å². The summed E-state index contributed by atoms with van der Waals surface area (Å²) in [4.78, 5) is 6.54. The molecule has 0 aliphatic rings. The molecule has 0 aliphatic heterocycles. The highest BCUT2D eigenvalue weighted by atomic mass is 35.5. The van der Waals surface area contributed by atoms with E-state index in [0.717, 1.165) is 34.6 Å². The average molecular weight is 274 g/mol. The molecular weight excluding hydrogens is 258 g/mol. The number of fused-ring (bicyclic) bond motifs is 1. The highest BCUT2D eigenvalue weighted by Gasteiger charge is 2.09. The fraction of sp³-hybridized carbons (Fsp3) is 0.333. The molecule has 4 heteroatoms. The molecule has 1 aromatic carbocycles. The highest BCUT2D eigenvalue weighted by molar-refractivity contribution is 6.31. The summed E-state index contributed by atoms with van der Waals surface area (Å²) in [6.07, 6.45) is 1.79. The first-order valence-electron chi connectivity index (χ1n) is 6.21. The van der Waals surface area contributed by atoms with Crippen LogP contribution in [0, 0.1) is 17.2 Å². The van der Waals surface area contributed by atoms with Gasteiger partial charge in [-0.2, -0.15) is 5.26 Å². The number of nitriles is 1. The van der Waals surface area contributed by atoms with Crippen LogP contribution in [0.25, 0.3) is 10.9 Å². The number of benzene rings is 1. The van der Waals surface area contributed by atoms with Crippen molar-refractivity contribution in [1.29, 1.82) is 5.26 Å². The zero-order valence-corrected chi connectivity index (χ0v) is 11.9. The van der Waals surface area contributed by atoms with Crippen LogP contribution in [0.2, 0.25) is 5.02 Å². The fourth-order valence-corrected chi connectivity index (χ4v) is 2.46. The molecule has 0 N–H and O–H groups in total. The first-order chi connectivity index (χ1) is 9.10. The Labute approximate surface area is 118 Å². The number of rotatable bonds is 4. The average Bonchev–Trinajstić information content (AvgIpc) is 2.38. The highest BCUT2D eigenvalue weighted by Crippen LogP contribution is 2.23. The second kappa shape index (κ2) is 6.01. The van der Waals surface area contributed by atoms with Crippen LogP contribution >= 0.6 is 11.6 Å². The number of pyridine rings is 1. The molecule has 1 atom stereocenters. The molecular formula is C15H16ClN3. The summed E-state index contributed by atoms with van der Waals surface area (Å²) in [5, 5.41) is 10.6. The Morgan fingerprint density at radius 1 is 1.47 bits per heavy atom. The quantitative estimate of drug-likeness (QED) is 0.856. The van der Waals surface area contributed by atoms with Gasteiger partial charge in [-0.3, -0.25) is 4.98 Å². The third-order valence-electron chi connectivity index (χ3n) is 2.99. The summed E-state index contributed by atoms with van der Waals surface area (Å²) in [5.41, 5.74) is 2.07. The molecule has 0 aliphatic carbocycles. The number of aromatic nitrogens is 1. The first kappa shape index (κ1) is 13.8. The van der Waals surface area contributed by atoms with E-state index in [1.807, 2.05) is 38.2 Å². The Kier molecular flexibility index (Phi) is 4.36. The van der Waals surface area contributed by atoms with E-state index in [0.29, 0.717) is 0 Å². The maximum Gasteiger partial charge on any atom is 0.0747 e. The van der Waals surface area contributed by atoms with E-state index in [-0.39, 0.29) is 5.92 Å². The predicted octanol–water partition coefficient (Wildman–Crippen LogP) is 3.48. The molecule has 0 saturated heterocycles. The molecule has 1 heterocycles. The van der Waals surface area contributed by atoms with Crippen LogP contribution in [0.15, 0.2) is 30.5 Å². The van der Waals surface area contributed by atoms with E-state index in [9.17, 15) is 0 Å². The number of halogens is 1. The van der Waals surface area contributed by atoms with Gasteiger partial charge in [0.05, 0.1) is 17.5 Å². The summed E-state index contributed by atoms with van der Waals surface area (Å²) in [6, 6.07) is 10.0. The Bertz CT molecular complexity index is 618. The van der Waals surface area contributed by atoms with Crippen LogP contribution in [0.3, 0.4) is 0 Å². The van der Waals surface area contributed by atoms with E-state index in [1.54, 1.807) is 6.20 Å². The van der Waals surface area contributed by atoms with Gasteiger partial charge in [-0.05, 0) is 37.7 Å². The van der Waals surface area contributed by atoms with Gasteiger partial charge in [0.2, 0.25) is 0 Å². The molecule has 3 nitrogen and oxygen atoms in total. The van der Waals surface area contributed by atoms with Gasteiger partial charge in [0.1, 0.15) is 0 Å². The minimum Gasteiger partial charge on any atom is -0.301 e. The summed E-state index contributed by atoms with van der Waals surface area (Å²) in [7, 11) is 2.00. The zero-order valence-electron chi connectivity index (χ0n) is 11.1. The van der Waals surface area contributed by atoms with Gasteiger partial charge in [-0.15, -0.1) is 0 Å². The third kappa shape index (κ3) is 3.44. The largest absolute Gasteiger partial charge is 0.301 e. The standard InChI is InChI=1S/C15H16ClN3/c1-11(8-17)9-19(2)10-13-7-14(16)6-12-4-3-5-18-15(12)13/h3-7,11H,9-10H2,1-2H3/t11-/m0/s1. The molecule has 0 spiro atoms. The minimum atomic E-state index is 0.0170. The van der Waals surface area contributed by atoms with Crippen molar-refractivity contribution in [3.8, 4) is 6.07 Å². The van der Waals surface area contributed by atoms with E-state index in [1.165, 1.54) is 0 Å². The van der Waals surface area contributed by atoms with E-state index in [4.69, 9.17) is 16.9 Å². The normalized spacial score (nSPS) is 12.6. The lowest BCUT2D eigenvalue weighted by atomic mass is 10.1. The Balaban J connectivity index is 2.27. The fourth-order valence-electron chi connectivity index (χ4n) is 2.21. The Morgan fingerprint density at radius 2 is 2.26 bits per heavy atom. The van der Waals surface area contributed by atoms with Crippen molar-refractivity contribution in [1.82, 2.24) is 9.88 Å². The summed E-state index contributed by atoms with van der Waals surface area (Å²) in [6.45, 7) is 3.39. The van der Waals surface area contributed by atoms with Crippen LogP contribution in [0.4, 0.5) is 0 Å². The van der Waals surface area contributed by atoms with Crippen LogP contribution in [0.1, 0.15) is 12.5 Å². The van der Waals surface area contributed by atoms with Crippen molar-refractivity contribution in [2.24, 2.45) is 5.92 Å². The van der Waals surface area contributed by atoms with Gasteiger partial charge in [-0.25, -0.2) is 0 Å². The van der Waals surface area contributed by atoms with Gasteiger partial charge in [0.25, 0.3) is 0 Å². The molecule has 0 amide bonds. The van der Waals surface area contributed by atoms with Gasteiger partial charge in [0, 0.05) is 29.7 Å². The predicted molar refractivity (Wildman–Crippen MR) is 77.9 cm³/mol. The Hall–Kier alpha value is -1.63. The second-order valence-corrected chi connectivity index (χ2v) is 5.30. The molecule has 2 rings (SSSR count). The summed E-state index contributed by atoms with van der Waals surface area (Å²) >= 11 is 6.14. The van der Waals surface area contributed by atoms with E-state index >= 15 is 0 Å². The molecule has 98 valence electrons. The smallest absolute Gasteiger partial charge is 0.0747 e. The Morgan fingerprint density at radius 3 is 3.00 bits per heavy atom. The van der Waals surface area contributed by atoms with Gasteiger partial charge >= 0.3 is 0 Å². The minimum absolute atomic E-state index is 0.0170. The molecule has 1 aromatic heterocycles. The second-order valence-electron chi connectivity index (χ2n) is 4.87. The van der Waals surface area contributed by atoms with Crippen molar-refractivity contribution in [2.45, 2.75) is 13.5 Å². The summed E-state index contributed by atoms with van der Waals surface area (Å²) in [5.74, 6) is 0.0170.